The van der Waals surface area contributed by atoms with E-state index in [0.717, 1.165) is 18.7 Å². The molecule has 6 heteroatoms. The zero-order valence-electron chi connectivity index (χ0n) is 11.0. The van der Waals surface area contributed by atoms with E-state index in [2.05, 4.69) is 15.1 Å². The lowest BCUT2D eigenvalue weighted by Crippen LogP contribution is -2.37. The fraction of sp³-hybridized carbons (Fsp3) is 0.385. The zero-order valence-corrected chi connectivity index (χ0v) is 11.0. The normalized spacial score (nSPS) is 10.6. The third-order valence-electron chi connectivity index (χ3n) is 2.91. The van der Waals surface area contributed by atoms with Gasteiger partial charge in [0, 0.05) is 0 Å². The van der Waals surface area contributed by atoms with Crippen molar-refractivity contribution < 1.29 is 19.0 Å². The molecule has 2 rings (SSSR count). The van der Waals surface area contributed by atoms with Gasteiger partial charge >= 0.3 is 0 Å². The van der Waals surface area contributed by atoms with Crippen molar-refractivity contribution in [2.24, 2.45) is 7.05 Å². The van der Waals surface area contributed by atoms with Crippen molar-refractivity contribution in [1.82, 2.24) is 10.6 Å². The summed E-state index contributed by atoms with van der Waals surface area (Å²) in [7, 11) is 3.33. The molecule has 0 radical (unpaired) electrons. The van der Waals surface area contributed by atoms with Crippen LogP contribution in [0.15, 0.2) is 28.8 Å². The molecule has 19 heavy (non-hydrogen) atoms. The van der Waals surface area contributed by atoms with Gasteiger partial charge in [-0.25, -0.2) is 0 Å². The molecule has 0 aliphatic heterocycles. The summed E-state index contributed by atoms with van der Waals surface area (Å²) in [5.41, 5.74) is 1.74. The Morgan fingerprint density at radius 1 is 1.37 bits per heavy atom. The van der Waals surface area contributed by atoms with Gasteiger partial charge in [-0.3, -0.25) is 0 Å². The summed E-state index contributed by atoms with van der Waals surface area (Å²) in [5.74, 6) is 0.462. The summed E-state index contributed by atoms with van der Waals surface area (Å²) in [6.07, 6.45) is 0.882. The lowest BCUT2D eigenvalue weighted by molar-refractivity contribution is -0.746. The minimum atomic E-state index is -0.389. The molecule has 0 aliphatic carbocycles. The number of hydrogen-bond donors (Lipinski definition) is 1. The topological polar surface area (TPSA) is 74.2 Å². The molecule has 6 nitrogen and oxygen atoms in total. The van der Waals surface area contributed by atoms with Crippen LogP contribution < -0.4 is 19.8 Å². The first kappa shape index (κ1) is 13.4. The summed E-state index contributed by atoms with van der Waals surface area (Å²) in [6, 6.07) is 7.92. The molecule has 0 saturated heterocycles. The van der Waals surface area contributed by atoms with E-state index in [1.54, 1.807) is 14.2 Å². The van der Waals surface area contributed by atoms with Crippen LogP contribution in [0, 0.1) is 0 Å². The number of ether oxygens (including phenoxy) is 1. The van der Waals surface area contributed by atoms with E-state index in [1.165, 1.54) is 10.2 Å². The predicted molar refractivity (Wildman–Crippen MR) is 65.5 cm³/mol. The summed E-state index contributed by atoms with van der Waals surface area (Å²) in [6.45, 7) is 1.23. The molecule has 0 saturated carbocycles. The molecule has 0 aliphatic rings. The van der Waals surface area contributed by atoms with Crippen LogP contribution in [-0.4, -0.2) is 18.9 Å². The first-order valence-electron chi connectivity index (χ1n) is 6.06. The van der Waals surface area contributed by atoms with Crippen molar-refractivity contribution in [1.29, 1.82) is 0 Å². The van der Waals surface area contributed by atoms with Gasteiger partial charge in [0.1, 0.15) is 5.75 Å². The van der Waals surface area contributed by atoms with Gasteiger partial charge in [-0.2, -0.15) is 0 Å². The van der Waals surface area contributed by atoms with Crippen molar-refractivity contribution >= 4 is 0 Å². The molecule has 0 fully saturated rings. The zero-order chi connectivity index (χ0) is 13.7. The Kier molecular flexibility index (Phi) is 4.35. The van der Waals surface area contributed by atoms with Crippen molar-refractivity contribution in [2.75, 3.05) is 13.7 Å². The summed E-state index contributed by atoms with van der Waals surface area (Å²) < 4.78 is 11.1. The van der Waals surface area contributed by atoms with Crippen LogP contribution in [0.2, 0.25) is 0 Å². The third-order valence-corrected chi connectivity index (χ3v) is 2.91. The first-order valence-corrected chi connectivity index (χ1v) is 6.06. The van der Waals surface area contributed by atoms with Crippen LogP contribution in [-0.2, 0) is 20.0 Å². The Balaban J connectivity index is 1.77. The Morgan fingerprint density at radius 3 is 2.68 bits per heavy atom. The van der Waals surface area contributed by atoms with Gasteiger partial charge in [0.25, 0.3) is 0 Å². The molecule has 0 spiro atoms. The minimum Gasteiger partial charge on any atom is -0.539 e. The van der Waals surface area contributed by atoms with E-state index < -0.39 is 0 Å². The number of nitrogens with one attached hydrogen (secondary N) is 1. The monoisotopic (exact) mass is 263 g/mol. The maximum atomic E-state index is 11.3. The highest BCUT2D eigenvalue weighted by atomic mass is 16.6. The highest BCUT2D eigenvalue weighted by Crippen LogP contribution is 2.11. The van der Waals surface area contributed by atoms with Gasteiger partial charge < -0.3 is 19.7 Å². The van der Waals surface area contributed by atoms with Gasteiger partial charge in [-0.05, 0) is 30.7 Å². The first-order chi connectivity index (χ1) is 9.20. The second kappa shape index (κ2) is 6.19. The molecule has 102 valence electrons. The lowest BCUT2D eigenvalue weighted by atomic mass is 10.1. The average molecular weight is 263 g/mol. The van der Waals surface area contributed by atoms with Crippen LogP contribution in [0.1, 0.15) is 11.3 Å². The van der Waals surface area contributed by atoms with Crippen LogP contribution in [0.5, 0.6) is 11.7 Å². The van der Waals surface area contributed by atoms with E-state index >= 15 is 0 Å². The molecular weight excluding hydrogens is 246 g/mol. The van der Waals surface area contributed by atoms with Gasteiger partial charge in [-0.1, -0.05) is 16.8 Å². The van der Waals surface area contributed by atoms with Crippen molar-refractivity contribution in [3.63, 3.8) is 0 Å². The predicted octanol–water partition coefficient (Wildman–Crippen LogP) is -0.0864. The number of methoxy groups -OCH3 is 1. The number of nitrogens with zero attached hydrogens (tertiary/aromatic N) is 2. The highest BCUT2D eigenvalue weighted by molar-refractivity contribution is 5.27. The molecule has 2 aromatic rings. The van der Waals surface area contributed by atoms with E-state index in [9.17, 15) is 5.11 Å². The Morgan fingerprint density at radius 2 is 2.11 bits per heavy atom. The van der Waals surface area contributed by atoms with Crippen LogP contribution in [0.3, 0.4) is 0 Å². The van der Waals surface area contributed by atoms with E-state index in [1.807, 2.05) is 24.3 Å². The minimum absolute atomic E-state index is 0.389. The molecule has 0 amide bonds. The SMILES string of the molecule is COc1ccc(CCNCc2c([O-])on[n+]2C)cc1. The summed E-state index contributed by atoms with van der Waals surface area (Å²) in [5, 5.41) is 18.0. The second-order valence-corrected chi connectivity index (χ2v) is 4.21. The number of rotatable bonds is 6. The Hall–Kier alpha value is -2.08. The molecule has 1 aromatic heterocycles. The second-order valence-electron chi connectivity index (χ2n) is 4.21. The van der Waals surface area contributed by atoms with Crippen molar-refractivity contribution in [3.8, 4) is 11.7 Å². The number of benzene rings is 1. The fourth-order valence-corrected chi connectivity index (χ4v) is 1.75. The molecule has 0 atom stereocenters. The molecule has 0 bridgehead atoms. The standard InChI is InChI=1S/C13H17N3O3/c1-16-12(13(17)19-15-16)9-14-8-7-10-3-5-11(18-2)6-4-10/h3-6,14H,7-9H2,1-2H3. The van der Waals surface area contributed by atoms with Gasteiger partial charge in [0.15, 0.2) is 13.0 Å². The van der Waals surface area contributed by atoms with E-state index in [4.69, 9.17) is 4.74 Å². The van der Waals surface area contributed by atoms with Gasteiger partial charge in [0.05, 0.1) is 18.9 Å². The average Bonchev–Trinajstić information content (AvgIpc) is 2.75. The van der Waals surface area contributed by atoms with Crippen LogP contribution in [0.4, 0.5) is 0 Å². The maximum absolute atomic E-state index is 11.3. The number of aromatic nitrogens is 2. The third kappa shape index (κ3) is 3.45. The lowest BCUT2D eigenvalue weighted by Gasteiger charge is -2.04. The van der Waals surface area contributed by atoms with E-state index in [0.29, 0.717) is 12.2 Å². The number of hydrogen-bond acceptors (Lipinski definition) is 5. The summed E-state index contributed by atoms with van der Waals surface area (Å²) in [4.78, 5) is 0. The van der Waals surface area contributed by atoms with Crippen molar-refractivity contribution in [3.05, 3.63) is 35.5 Å². The smallest absolute Gasteiger partial charge is 0.246 e. The number of aryl methyl sites for hydroxylation is 1. The Bertz CT molecular complexity index is 503. The van der Waals surface area contributed by atoms with Gasteiger partial charge in [-0.15, -0.1) is 0 Å². The van der Waals surface area contributed by atoms with Gasteiger partial charge in [0.2, 0.25) is 5.69 Å². The van der Waals surface area contributed by atoms with E-state index in [-0.39, 0.29) is 5.95 Å². The van der Waals surface area contributed by atoms with Crippen molar-refractivity contribution in [2.45, 2.75) is 13.0 Å². The molecule has 1 N–H and O–H groups in total. The molecular formula is C13H17N3O3. The van der Waals surface area contributed by atoms with Crippen LogP contribution >= 0.6 is 0 Å². The molecule has 0 unspecified atom stereocenters. The quantitative estimate of drug-likeness (QED) is 0.582. The largest absolute Gasteiger partial charge is 0.539 e. The maximum Gasteiger partial charge on any atom is 0.246 e. The highest BCUT2D eigenvalue weighted by Gasteiger charge is 2.11. The Labute approximate surface area is 111 Å². The summed E-state index contributed by atoms with van der Waals surface area (Å²) >= 11 is 0. The molecule has 1 aromatic carbocycles. The molecule has 1 heterocycles. The van der Waals surface area contributed by atoms with Crippen LogP contribution in [0.25, 0.3) is 0 Å². The fourth-order valence-electron chi connectivity index (χ4n) is 1.75.